The maximum Gasteiger partial charge on any atom is 0.338 e. The molecule has 2 N–H and O–H groups in total. The van der Waals surface area contributed by atoms with E-state index in [1.807, 2.05) is 0 Å². The summed E-state index contributed by atoms with van der Waals surface area (Å²) in [5, 5.41) is 11.4. The number of aromatic carboxylic acids is 1. The summed E-state index contributed by atoms with van der Waals surface area (Å²) in [5.41, 5.74) is -0.609. The molecular weight excluding hydrogens is 226 g/mol. The zero-order valence-electron chi connectivity index (χ0n) is 9.94. The SMILES string of the molecule is COCC(C)(C)NC(=O)c1cc(C(=O)O)co1. The van der Waals surface area contributed by atoms with Gasteiger partial charge in [0.25, 0.3) is 5.91 Å². The van der Waals surface area contributed by atoms with E-state index in [0.717, 1.165) is 6.26 Å². The number of carbonyl (C=O) groups is 2. The number of carboxylic acids is 1. The number of hydrogen-bond donors (Lipinski definition) is 2. The van der Waals surface area contributed by atoms with Crippen molar-refractivity contribution < 1.29 is 23.8 Å². The Hall–Kier alpha value is -1.82. The van der Waals surface area contributed by atoms with Crippen LogP contribution in [0.2, 0.25) is 0 Å². The van der Waals surface area contributed by atoms with Crippen LogP contribution in [-0.4, -0.2) is 36.2 Å². The van der Waals surface area contributed by atoms with E-state index in [1.165, 1.54) is 13.2 Å². The predicted molar refractivity (Wildman–Crippen MR) is 59.1 cm³/mol. The van der Waals surface area contributed by atoms with Crippen LogP contribution in [0.5, 0.6) is 0 Å². The van der Waals surface area contributed by atoms with Crippen molar-refractivity contribution in [2.45, 2.75) is 19.4 Å². The molecular formula is C11H15NO5. The molecule has 0 saturated heterocycles. The molecule has 0 radical (unpaired) electrons. The highest BCUT2D eigenvalue weighted by Gasteiger charge is 2.23. The quantitative estimate of drug-likeness (QED) is 0.806. The van der Waals surface area contributed by atoms with Gasteiger partial charge in [0.15, 0.2) is 5.76 Å². The first-order valence-electron chi connectivity index (χ1n) is 4.99. The van der Waals surface area contributed by atoms with Crippen molar-refractivity contribution in [3.63, 3.8) is 0 Å². The molecule has 17 heavy (non-hydrogen) atoms. The van der Waals surface area contributed by atoms with Crippen LogP contribution in [0.25, 0.3) is 0 Å². The van der Waals surface area contributed by atoms with Crippen LogP contribution in [0.1, 0.15) is 34.8 Å². The zero-order valence-corrected chi connectivity index (χ0v) is 9.94. The van der Waals surface area contributed by atoms with Gasteiger partial charge in [-0.15, -0.1) is 0 Å². The van der Waals surface area contributed by atoms with Gasteiger partial charge in [0, 0.05) is 13.2 Å². The van der Waals surface area contributed by atoms with Crippen LogP contribution in [0.4, 0.5) is 0 Å². The molecule has 0 spiro atoms. The second-order valence-electron chi connectivity index (χ2n) is 4.28. The fourth-order valence-corrected chi connectivity index (χ4v) is 1.33. The molecule has 0 unspecified atom stereocenters. The van der Waals surface area contributed by atoms with Crippen molar-refractivity contribution in [2.75, 3.05) is 13.7 Å². The lowest BCUT2D eigenvalue weighted by molar-refractivity contribution is 0.0695. The van der Waals surface area contributed by atoms with E-state index in [2.05, 4.69) is 5.32 Å². The summed E-state index contributed by atoms with van der Waals surface area (Å²) in [6, 6.07) is 1.18. The van der Waals surface area contributed by atoms with Gasteiger partial charge in [-0.3, -0.25) is 4.79 Å². The lowest BCUT2D eigenvalue weighted by Gasteiger charge is -2.24. The maximum atomic E-state index is 11.7. The van der Waals surface area contributed by atoms with E-state index in [-0.39, 0.29) is 11.3 Å². The number of nitrogens with one attached hydrogen (secondary N) is 1. The first kappa shape index (κ1) is 13.2. The minimum absolute atomic E-state index is 0.0356. The van der Waals surface area contributed by atoms with Gasteiger partial charge in [0.1, 0.15) is 6.26 Å². The Labute approximate surface area is 98.6 Å². The number of hydrogen-bond acceptors (Lipinski definition) is 4. The van der Waals surface area contributed by atoms with Crippen molar-refractivity contribution >= 4 is 11.9 Å². The number of carbonyl (C=O) groups excluding carboxylic acids is 1. The third kappa shape index (κ3) is 3.60. The standard InChI is InChI=1S/C11H15NO5/c1-11(2,6-16-3)12-9(13)8-4-7(5-17-8)10(14)15/h4-5H,6H2,1-3H3,(H,12,13)(H,14,15). The zero-order chi connectivity index (χ0) is 13.1. The van der Waals surface area contributed by atoms with Crippen LogP contribution in [0.15, 0.2) is 16.7 Å². The number of amides is 1. The van der Waals surface area contributed by atoms with Crippen molar-refractivity contribution in [1.29, 1.82) is 0 Å². The average Bonchev–Trinajstić information content (AvgIpc) is 2.64. The highest BCUT2D eigenvalue weighted by atomic mass is 16.5. The second kappa shape index (κ2) is 5.01. The van der Waals surface area contributed by atoms with Crippen molar-refractivity contribution in [2.24, 2.45) is 0 Å². The number of rotatable bonds is 5. The summed E-state index contributed by atoms with van der Waals surface area (Å²) >= 11 is 0. The Morgan fingerprint density at radius 1 is 1.53 bits per heavy atom. The molecule has 0 aliphatic rings. The monoisotopic (exact) mass is 241 g/mol. The van der Waals surface area contributed by atoms with Gasteiger partial charge in [-0.2, -0.15) is 0 Å². The molecule has 94 valence electrons. The third-order valence-electron chi connectivity index (χ3n) is 2.03. The summed E-state index contributed by atoms with van der Waals surface area (Å²) in [4.78, 5) is 22.3. The molecule has 6 nitrogen and oxygen atoms in total. The van der Waals surface area contributed by atoms with E-state index >= 15 is 0 Å². The topological polar surface area (TPSA) is 88.8 Å². The Bertz CT molecular complexity index is 421. The molecule has 0 aromatic carbocycles. The predicted octanol–water partition coefficient (Wildman–Crippen LogP) is 1.13. The third-order valence-corrected chi connectivity index (χ3v) is 2.03. The first-order chi connectivity index (χ1) is 7.85. The van der Waals surface area contributed by atoms with Crippen molar-refractivity contribution in [3.8, 4) is 0 Å². The van der Waals surface area contributed by atoms with Crippen molar-refractivity contribution in [1.82, 2.24) is 5.32 Å². The Kier molecular flexibility index (Phi) is 3.90. The Morgan fingerprint density at radius 2 is 2.18 bits per heavy atom. The van der Waals surface area contributed by atoms with Gasteiger partial charge in [-0.1, -0.05) is 0 Å². The van der Waals surface area contributed by atoms with Gasteiger partial charge >= 0.3 is 5.97 Å². The molecule has 0 fully saturated rings. The molecule has 1 heterocycles. The highest BCUT2D eigenvalue weighted by molar-refractivity contribution is 5.95. The lowest BCUT2D eigenvalue weighted by atomic mass is 10.1. The highest BCUT2D eigenvalue weighted by Crippen LogP contribution is 2.10. The van der Waals surface area contributed by atoms with E-state index in [0.29, 0.717) is 6.61 Å². The van der Waals surface area contributed by atoms with Crippen LogP contribution < -0.4 is 5.32 Å². The normalized spacial score (nSPS) is 11.2. The molecule has 0 bridgehead atoms. The van der Waals surface area contributed by atoms with Gasteiger partial charge in [0.05, 0.1) is 17.7 Å². The van der Waals surface area contributed by atoms with Gasteiger partial charge in [-0.05, 0) is 13.8 Å². The fourth-order valence-electron chi connectivity index (χ4n) is 1.33. The van der Waals surface area contributed by atoms with E-state index < -0.39 is 17.4 Å². The van der Waals surface area contributed by atoms with E-state index in [1.54, 1.807) is 13.8 Å². The summed E-state index contributed by atoms with van der Waals surface area (Å²) in [5.74, 6) is -1.64. The lowest BCUT2D eigenvalue weighted by Crippen LogP contribution is -2.46. The molecule has 1 amide bonds. The molecule has 0 aliphatic carbocycles. The smallest absolute Gasteiger partial charge is 0.338 e. The average molecular weight is 241 g/mol. The molecule has 0 atom stereocenters. The molecule has 0 aliphatic heterocycles. The van der Waals surface area contributed by atoms with Crippen LogP contribution in [-0.2, 0) is 4.74 Å². The largest absolute Gasteiger partial charge is 0.478 e. The summed E-state index contributed by atoms with van der Waals surface area (Å²) in [6.45, 7) is 3.91. The maximum absolute atomic E-state index is 11.7. The minimum atomic E-state index is -1.14. The number of methoxy groups -OCH3 is 1. The number of ether oxygens (including phenoxy) is 1. The molecule has 1 aromatic heterocycles. The summed E-state index contributed by atoms with van der Waals surface area (Å²) in [7, 11) is 1.53. The summed E-state index contributed by atoms with van der Waals surface area (Å²) < 4.78 is 9.83. The van der Waals surface area contributed by atoms with Gasteiger partial charge in [0.2, 0.25) is 0 Å². The Morgan fingerprint density at radius 3 is 2.65 bits per heavy atom. The van der Waals surface area contributed by atoms with Crippen LogP contribution in [0, 0.1) is 0 Å². The number of carboxylic acid groups (broad SMARTS) is 1. The van der Waals surface area contributed by atoms with Gasteiger partial charge < -0.3 is 19.6 Å². The minimum Gasteiger partial charge on any atom is -0.478 e. The Balaban J connectivity index is 2.73. The number of furan rings is 1. The second-order valence-corrected chi connectivity index (χ2v) is 4.28. The van der Waals surface area contributed by atoms with Crippen molar-refractivity contribution in [3.05, 3.63) is 23.7 Å². The summed E-state index contributed by atoms with van der Waals surface area (Å²) in [6.07, 6.45) is 1.03. The molecule has 1 aromatic rings. The van der Waals surface area contributed by atoms with Crippen LogP contribution >= 0.6 is 0 Å². The fraction of sp³-hybridized carbons (Fsp3) is 0.455. The first-order valence-corrected chi connectivity index (χ1v) is 4.99. The van der Waals surface area contributed by atoms with E-state index in [4.69, 9.17) is 14.3 Å². The molecule has 0 saturated carbocycles. The molecule has 1 rings (SSSR count). The molecule has 6 heteroatoms. The van der Waals surface area contributed by atoms with Crippen LogP contribution in [0.3, 0.4) is 0 Å². The van der Waals surface area contributed by atoms with Gasteiger partial charge in [-0.25, -0.2) is 4.79 Å². The van der Waals surface area contributed by atoms with E-state index in [9.17, 15) is 9.59 Å².